The molecule has 0 aromatic carbocycles. The summed E-state index contributed by atoms with van der Waals surface area (Å²) in [6.07, 6.45) is -1.31. The molecule has 2 amide bonds. The van der Waals surface area contributed by atoms with E-state index >= 15 is 0 Å². The summed E-state index contributed by atoms with van der Waals surface area (Å²) in [5.41, 5.74) is -0.924. The van der Waals surface area contributed by atoms with Crippen molar-refractivity contribution in [1.82, 2.24) is 20.0 Å². The first-order valence-electron chi connectivity index (χ1n) is 13.9. The summed E-state index contributed by atoms with van der Waals surface area (Å²) in [6, 6.07) is 0. The first-order chi connectivity index (χ1) is 18.5. The number of halogens is 7. The fraction of sp³-hybridized carbons (Fsp3) is 0.917. The van der Waals surface area contributed by atoms with Gasteiger partial charge in [0.05, 0.1) is 0 Å². The quantitative estimate of drug-likeness (QED) is 0.228. The van der Waals surface area contributed by atoms with Gasteiger partial charge in [-0.25, -0.2) is 9.59 Å². The van der Waals surface area contributed by atoms with Crippen molar-refractivity contribution in [3.63, 3.8) is 0 Å². The van der Waals surface area contributed by atoms with Crippen molar-refractivity contribution in [1.29, 1.82) is 0 Å². The molecule has 0 bridgehead atoms. The Morgan fingerprint density at radius 3 is 1.30 bits per heavy atom. The fourth-order valence-corrected chi connectivity index (χ4v) is 5.34. The van der Waals surface area contributed by atoms with Gasteiger partial charge in [0, 0.05) is 39.3 Å². The Morgan fingerprint density at radius 1 is 0.698 bits per heavy atom. The van der Waals surface area contributed by atoms with Crippen LogP contribution in [-0.4, -0.2) is 116 Å². The normalized spacial score (nSPS) is 25.2. The average Bonchev–Trinajstić information content (AvgIpc) is 3.50. The molecule has 0 aromatic heterocycles. The van der Waals surface area contributed by atoms with E-state index in [1.807, 2.05) is 25.7 Å². The van der Waals surface area contributed by atoms with Gasteiger partial charge in [0.2, 0.25) is 0 Å². The van der Waals surface area contributed by atoms with Crippen LogP contribution < -0.4 is 108 Å². The van der Waals surface area contributed by atoms with E-state index in [1.165, 1.54) is 4.90 Å². The minimum Gasteiger partial charge on any atom is -0.448 e. The van der Waals surface area contributed by atoms with E-state index in [0.29, 0.717) is 38.0 Å². The monoisotopic (exact) mass is 744 g/mol. The van der Waals surface area contributed by atoms with Gasteiger partial charge in [-0.05, 0) is 90.0 Å². The minimum absolute atomic E-state index is 0. The van der Waals surface area contributed by atoms with Crippen molar-refractivity contribution < 1.29 is 148 Å². The number of carbonyl (C=O) groups is 2. The van der Waals surface area contributed by atoms with E-state index in [1.54, 1.807) is 25.7 Å². The summed E-state index contributed by atoms with van der Waals surface area (Å²) >= 11 is 2.27. The molecule has 4 fully saturated rings. The molecule has 4 rings (SSSR count). The van der Waals surface area contributed by atoms with Gasteiger partial charge in [0.15, 0.2) is 0 Å². The standard InChI is InChI=1S/C12H21BF3N2O2.C11H20N2O2.CH2BBrF3.2K/c1-12(2,3)20-11(19)18-6-9-4-17(5-10(9)7-18)8-13(14,15)16;1-11(2,3)15-10(14)13-6-8-4-12-5-9(8)7-13;3-1-2(4,5)6;;/h9-10H,4-8H2,1-3H3;8-9,12H,4-7H2,1-3H3;1H2;;/q-1;;-1;2*+1. The Balaban J connectivity index is 0.000000680. The van der Waals surface area contributed by atoms with Gasteiger partial charge in [-0.2, -0.15) is 0 Å². The zero-order chi connectivity index (χ0) is 31.4. The number of carbonyl (C=O) groups excluding carboxylic acids is 2. The van der Waals surface area contributed by atoms with Crippen LogP contribution in [0.2, 0.25) is 0 Å². The van der Waals surface area contributed by atoms with Gasteiger partial charge in [0.25, 0.3) is 0 Å². The number of rotatable bonds is 3. The summed E-state index contributed by atoms with van der Waals surface area (Å²) in [5.74, 6) is 1.55. The molecule has 4 aliphatic rings. The van der Waals surface area contributed by atoms with Crippen molar-refractivity contribution in [2.75, 3.05) is 64.0 Å². The third-order valence-corrected chi connectivity index (χ3v) is 7.63. The maximum Gasteiger partial charge on any atom is 1.00 e. The molecule has 4 atom stereocenters. The van der Waals surface area contributed by atoms with Crippen molar-refractivity contribution >= 4 is 42.1 Å². The molecule has 0 aromatic rings. The van der Waals surface area contributed by atoms with Crippen molar-refractivity contribution in [3.8, 4) is 0 Å². The SMILES string of the molecule is CC(C)(C)OC(=O)N1CC2CN(C[B-](F)(F)F)CC2C1.CC(C)(C)OC(=O)N1CC2CNCC2C1.F[B-](F)(F)CBr.[K+].[K+]. The third kappa shape index (κ3) is 17.8. The first-order valence-corrected chi connectivity index (χ1v) is 15.0. The van der Waals surface area contributed by atoms with Crippen LogP contribution in [-0.2, 0) is 9.47 Å². The van der Waals surface area contributed by atoms with Crippen LogP contribution in [0.1, 0.15) is 41.5 Å². The predicted molar refractivity (Wildman–Crippen MR) is 151 cm³/mol. The topological polar surface area (TPSA) is 74.4 Å². The molecule has 4 unspecified atom stereocenters. The van der Waals surface area contributed by atoms with E-state index in [2.05, 4.69) is 21.2 Å². The second-order valence-electron chi connectivity index (χ2n) is 13.3. The van der Waals surface area contributed by atoms with Crippen LogP contribution in [0.5, 0.6) is 0 Å². The van der Waals surface area contributed by atoms with Crippen LogP contribution in [0.3, 0.4) is 0 Å². The molecular weight excluding hydrogens is 702 g/mol. The number of alkyl halides is 1. The van der Waals surface area contributed by atoms with Crippen molar-refractivity contribution in [2.45, 2.75) is 52.7 Å². The summed E-state index contributed by atoms with van der Waals surface area (Å²) in [7, 11) is 0. The molecule has 4 saturated heterocycles. The molecule has 0 radical (unpaired) electrons. The van der Waals surface area contributed by atoms with Crippen LogP contribution in [0.15, 0.2) is 0 Å². The summed E-state index contributed by atoms with van der Waals surface area (Å²) in [4.78, 5) is 28.6. The Labute approximate surface area is 345 Å². The average molecular weight is 745 g/mol. The molecule has 8 nitrogen and oxygen atoms in total. The molecule has 0 aliphatic carbocycles. The smallest absolute Gasteiger partial charge is 0.448 e. The molecule has 0 saturated carbocycles. The van der Waals surface area contributed by atoms with Gasteiger partial charge in [0.1, 0.15) is 11.2 Å². The van der Waals surface area contributed by atoms with Gasteiger partial charge >= 0.3 is 129 Å². The number of nitrogens with zero attached hydrogens (tertiary/aromatic N) is 3. The Kier molecular flexibility index (Phi) is 19.5. The van der Waals surface area contributed by atoms with Crippen LogP contribution in [0.25, 0.3) is 0 Å². The van der Waals surface area contributed by atoms with E-state index < -0.39 is 31.2 Å². The third-order valence-electron chi connectivity index (χ3n) is 6.89. The largest absolute Gasteiger partial charge is 1.00 e. The summed E-state index contributed by atoms with van der Waals surface area (Å²) in [6.45, 7) is 7.43. The molecule has 43 heavy (non-hydrogen) atoms. The molecule has 0 spiro atoms. The van der Waals surface area contributed by atoms with E-state index in [-0.39, 0.29) is 132 Å². The van der Waals surface area contributed by atoms with Crippen LogP contribution >= 0.6 is 15.9 Å². The minimum atomic E-state index is -4.77. The number of fused-ring (bicyclic) bond motifs is 2. The number of nitrogens with one attached hydrogen (secondary N) is 1. The second kappa shape index (κ2) is 18.6. The molecule has 4 aliphatic heterocycles. The Morgan fingerprint density at radius 2 is 1.02 bits per heavy atom. The number of hydrogen-bond donors (Lipinski definition) is 1. The number of hydrogen-bond acceptors (Lipinski definition) is 6. The van der Waals surface area contributed by atoms with E-state index in [9.17, 15) is 35.5 Å². The van der Waals surface area contributed by atoms with Crippen molar-refractivity contribution in [3.05, 3.63) is 0 Å². The maximum absolute atomic E-state index is 12.4. The molecular formula is C24H43B2BrF6K2N4O4. The second-order valence-corrected chi connectivity index (χ2v) is 13.9. The van der Waals surface area contributed by atoms with E-state index in [4.69, 9.17) is 9.47 Å². The Bertz CT molecular complexity index is 874. The zero-order valence-electron chi connectivity index (χ0n) is 26.7. The van der Waals surface area contributed by atoms with E-state index in [0.717, 1.165) is 26.2 Å². The fourth-order valence-electron chi connectivity index (χ4n) is 5.34. The summed E-state index contributed by atoms with van der Waals surface area (Å²) in [5, 5.41) is 2.50. The first kappa shape index (κ1) is 44.9. The van der Waals surface area contributed by atoms with Gasteiger partial charge in [-0.15, -0.1) is 15.9 Å². The van der Waals surface area contributed by atoms with Crippen molar-refractivity contribution in [2.24, 2.45) is 23.7 Å². The summed E-state index contributed by atoms with van der Waals surface area (Å²) < 4.78 is 80.3. The van der Waals surface area contributed by atoms with Crippen LogP contribution in [0.4, 0.5) is 35.5 Å². The predicted octanol–water partition coefficient (Wildman–Crippen LogP) is -0.980. The molecule has 19 heteroatoms. The maximum atomic E-state index is 12.4. The number of ether oxygens (including phenoxy) is 2. The van der Waals surface area contributed by atoms with Gasteiger partial charge in [-0.3, -0.25) is 0 Å². The van der Waals surface area contributed by atoms with Gasteiger partial charge in [-0.1, -0.05) is 0 Å². The molecule has 240 valence electrons. The number of amides is 2. The van der Waals surface area contributed by atoms with Gasteiger partial charge < -0.3 is 55.4 Å². The molecule has 1 N–H and O–H groups in total. The Hall–Kier alpha value is 1.92. The zero-order valence-corrected chi connectivity index (χ0v) is 34.5. The molecule has 4 heterocycles. The van der Waals surface area contributed by atoms with Crippen LogP contribution in [0, 0.1) is 23.7 Å². The number of likely N-dealkylation sites (tertiary alicyclic amines) is 3.